The van der Waals surface area contributed by atoms with Gasteiger partial charge < -0.3 is 0 Å². The Morgan fingerprint density at radius 1 is 1.38 bits per heavy atom. The van der Waals surface area contributed by atoms with Gasteiger partial charge in [-0.3, -0.25) is 14.3 Å². The average Bonchev–Trinajstić information content (AvgIpc) is 2.10. The van der Waals surface area contributed by atoms with E-state index >= 15 is 0 Å². The zero-order valence-corrected chi connectivity index (χ0v) is 7.91. The van der Waals surface area contributed by atoms with Crippen LogP contribution >= 0.6 is 0 Å². The molecule has 1 heterocycles. The number of rotatable bonds is 3. The van der Waals surface area contributed by atoms with Gasteiger partial charge in [-0.25, -0.2) is 4.79 Å². The summed E-state index contributed by atoms with van der Waals surface area (Å²) in [7, 11) is 0. The number of aromatic amines is 1. The fraction of sp³-hybridized carbons (Fsp3) is 0.556. The van der Waals surface area contributed by atoms with Crippen LogP contribution in [0.4, 0.5) is 0 Å². The highest BCUT2D eigenvalue weighted by Crippen LogP contribution is 2.10. The van der Waals surface area contributed by atoms with E-state index in [1.807, 2.05) is 13.8 Å². The van der Waals surface area contributed by atoms with E-state index < -0.39 is 0 Å². The van der Waals surface area contributed by atoms with E-state index in [2.05, 4.69) is 4.98 Å². The lowest BCUT2D eigenvalue weighted by Crippen LogP contribution is -2.31. The molecule has 4 nitrogen and oxygen atoms in total. The van der Waals surface area contributed by atoms with Crippen molar-refractivity contribution in [3.63, 3.8) is 0 Å². The summed E-state index contributed by atoms with van der Waals surface area (Å²) in [4.78, 5) is 24.3. The van der Waals surface area contributed by atoms with Gasteiger partial charge in [0.25, 0.3) is 5.56 Å². The number of aromatic nitrogens is 2. The van der Waals surface area contributed by atoms with Gasteiger partial charge in [0, 0.05) is 18.3 Å². The summed E-state index contributed by atoms with van der Waals surface area (Å²) in [6, 6.07) is 1.56. The lowest BCUT2D eigenvalue weighted by molar-refractivity contribution is 0.449. The highest BCUT2D eigenvalue weighted by molar-refractivity contribution is 4.85. The van der Waals surface area contributed by atoms with Crippen LogP contribution < -0.4 is 11.2 Å². The first-order chi connectivity index (χ1) is 6.19. The maximum absolute atomic E-state index is 11.3. The molecule has 1 aromatic rings. The maximum Gasteiger partial charge on any atom is 0.328 e. The Morgan fingerprint density at radius 3 is 2.46 bits per heavy atom. The predicted molar refractivity (Wildman–Crippen MR) is 50.9 cm³/mol. The molecule has 0 aliphatic rings. The molecule has 13 heavy (non-hydrogen) atoms. The van der Waals surface area contributed by atoms with Gasteiger partial charge in [-0.05, 0) is 12.8 Å². The summed E-state index contributed by atoms with van der Waals surface area (Å²) < 4.78 is 1.57. The van der Waals surface area contributed by atoms with Crippen molar-refractivity contribution in [3.8, 4) is 0 Å². The van der Waals surface area contributed by atoms with Crippen molar-refractivity contribution in [2.24, 2.45) is 0 Å². The maximum atomic E-state index is 11.3. The molecule has 72 valence electrons. The molecule has 4 heteroatoms. The first kappa shape index (κ1) is 9.77. The molecule has 0 saturated heterocycles. The highest BCUT2D eigenvalue weighted by Gasteiger charge is 2.06. The first-order valence-electron chi connectivity index (χ1n) is 4.50. The predicted octanol–water partition coefficient (Wildman–Crippen LogP) is 0.898. The third-order valence-electron chi connectivity index (χ3n) is 2.19. The molecular weight excluding hydrogens is 168 g/mol. The molecule has 1 aromatic heterocycles. The van der Waals surface area contributed by atoms with Crippen molar-refractivity contribution in [1.29, 1.82) is 0 Å². The molecule has 0 radical (unpaired) electrons. The summed E-state index contributed by atoms with van der Waals surface area (Å²) in [6.07, 6.45) is 3.34. The van der Waals surface area contributed by atoms with Gasteiger partial charge in [-0.1, -0.05) is 13.8 Å². The third kappa shape index (κ3) is 2.08. The molecule has 0 bridgehead atoms. The van der Waals surface area contributed by atoms with Crippen LogP contribution in [0.25, 0.3) is 0 Å². The van der Waals surface area contributed by atoms with Gasteiger partial charge in [-0.2, -0.15) is 0 Å². The Bertz CT molecular complexity index is 374. The van der Waals surface area contributed by atoms with E-state index in [-0.39, 0.29) is 17.3 Å². The second kappa shape index (κ2) is 4.07. The zero-order valence-electron chi connectivity index (χ0n) is 7.91. The molecule has 1 N–H and O–H groups in total. The Hall–Kier alpha value is -1.32. The van der Waals surface area contributed by atoms with E-state index in [9.17, 15) is 9.59 Å². The zero-order chi connectivity index (χ0) is 9.84. The quantitative estimate of drug-likeness (QED) is 0.755. The summed E-state index contributed by atoms with van der Waals surface area (Å²) in [5.74, 6) is 0. The summed E-state index contributed by atoms with van der Waals surface area (Å²) >= 11 is 0. The van der Waals surface area contributed by atoms with Crippen molar-refractivity contribution in [2.75, 3.05) is 0 Å². The number of nitrogens with one attached hydrogen (secondary N) is 1. The normalized spacial score (nSPS) is 10.7. The standard InChI is InChI=1S/C9H14N2O2/c1-3-7(4-2)11-6-5-8(12)10-9(11)13/h5-7H,3-4H2,1-2H3,(H,10,12,13). The van der Waals surface area contributed by atoms with Gasteiger partial charge in [0.2, 0.25) is 0 Å². The van der Waals surface area contributed by atoms with Crippen molar-refractivity contribution >= 4 is 0 Å². The topological polar surface area (TPSA) is 54.9 Å². The average molecular weight is 182 g/mol. The van der Waals surface area contributed by atoms with Crippen LogP contribution in [-0.2, 0) is 0 Å². The second-order valence-corrected chi connectivity index (χ2v) is 2.99. The number of H-pyrrole nitrogens is 1. The summed E-state index contributed by atoms with van der Waals surface area (Å²) in [5.41, 5.74) is -0.659. The van der Waals surface area contributed by atoms with E-state index in [1.165, 1.54) is 6.07 Å². The van der Waals surface area contributed by atoms with Gasteiger partial charge in [0.05, 0.1) is 0 Å². The minimum absolute atomic E-state index is 0.185. The van der Waals surface area contributed by atoms with E-state index in [0.29, 0.717) is 0 Å². The van der Waals surface area contributed by atoms with Crippen LogP contribution in [0.5, 0.6) is 0 Å². The lowest BCUT2D eigenvalue weighted by atomic mass is 10.2. The molecule has 0 aliphatic carbocycles. The summed E-state index contributed by atoms with van der Waals surface area (Å²) in [5, 5.41) is 0. The molecule has 0 amide bonds. The van der Waals surface area contributed by atoms with E-state index in [0.717, 1.165) is 12.8 Å². The van der Waals surface area contributed by atoms with Gasteiger partial charge in [-0.15, -0.1) is 0 Å². The minimum Gasteiger partial charge on any atom is -0.298 e. The molecule has 0 unspecified atom stereocenters. The molecule has 1 rings (SSSR count). The number of hydrogen-bond acceptors (Lipinski definition) is 2. The van der Waals surface area contributed by atoms with Gasteiger partial charge >= 0.3 is 5.69 Å². The van der Waals surface area contributed by atoms with Crippen LogP contribution in [0.2, 0.25) is 0 Å². The van der Waals surface area contributed by atoms with Gasteiger partial charge in [0.1, 0.15) is 0 Å². The minimum atomic E-state index is -0.341. The highest BCUT2D eigenvalue weighted by atomic mass is 16.2. The molecule has 0 aliphatic heterocycles. The largest absolute Gasteiger partial charge is 0.328 e. The molecular formula is C9H14N2O2. The van der Waals surface area contributed by atoms with Crippen LogP contribution in [0, 0.1) is 0 Å². The van der Waals surface area contributed by atoms with Crippen molar-refractivity contribution in [3.05, 3.63) is 33.1 Å². The fourth-order valence-electron chi connectivity index (χ4n) is 1.40. The van der Waals surface area contributed by atoms with Gasteiger partial charge in [0.15, 0.2) is 0 Å². The molecule has 0 fully saturated rings. The van der Waals surface area contributed by atoms with Crippen LogP contribution in [-0.4, -0.2) is 9.55 Å². The molecule has 0 saturated carbocycles. The van der Waals surface area contributed by atoms with E-state index in [4.69, 9.17) is 0 Å². The first-order valence-corrected chi connectivity index (χ1v) is 4.50. The SMILES string of the molecule is CCC(CC)n1ccc(=O)[nH]c1=O. The van der Waals surface area contributed by atoms with Crippen molar-refractivity contribution < 1.29 is 0 Å². The number of hydrogen-bond donors (Lipinski definition) is 1. The van der Waals surface area contributed by atoms with E-state index in [1.54, 1.807) is 10.8 Å². The monoisotopic (exact) mass is 182 g/mol. The Balaban J connectivity index is 3.14. The third-order valence-corrected chi connectivity index (χ3v) is 2.19. The van der Waals surface area contributed by atoms with Crippen LogP contribution in [0.1, 0.15) is 32.7 Å². The molecule has 0 spiro atoms. The molecule has 0 atom stereocenters. The van der Waals surface area contributed by atoms with Crippen molar-refractivity contribution in [2.45, 2.75) is 32.7 Å². The fourth-order valence-corrected chi connectivity index (χ4v) is 1.40. The van der Waals surface area contributed by atoms with Crippen LogP contribution in [0.3, 0.4) is 0 Å². The lowest BCUT2D eigenvalue weighted by Gasteiger charge is -2.14. The summed E-state index contributed by atoms with van der Waals surface area (Å²) in [6.45, 7) is 4.04. The number of nitrogens with zero attached hydrogens (tertiary/aromatic N) is 1. The molecule has 0 aromatic carbocycles. The Morgan fingerprint density at radius 2 is 2.00 bits per heavy atom. The van der Waals surface area contributed by atoms with Crippen LogP contribution in [0.15, 0.2) is 21.9 Å². The Labute approximate surface area is 76.2 Å². The smallest absolute Gasteiger partial charge is 0.298 e. The Kier molecular flexibility index (Phi) is 3.06. The second-order valence-electron chi connectivity index (χ2n) is 2.99. The van der Waals surface area contributed by atoms with Crippen molar-refractivity contribution in [1.82, 2.24) is 9.55 Å².